The van der Waals surface area contributed by atoms with Gasteiger partial charge in [0.15, 0.2) is 0 Å². The van der Waals surface area contributed by atoms with Crippen molar-refractivity contribution in [1.29, 1.82) is 0 Å². The summed E-state index contributed by atoms with van der Waals surface area (Å²) in [6.45, 7) is 0.537. The van der Waals surface area contributed by atoms with Gasteiger partial charge in [-0.05, 0) is 53.6 Å². The second-order valence-electron chi connectivity index (χ2n) is 8.73. The van der Waals surface area contributed by atoms with Crippen LogP contribution in [0.3, 0.4) is 0 Å². The molecule has 0 saturated heterocycles. The molecule has 1 aliphatic heterocycles. The fourth-order valence-corrected chi connectivity index (χ4v) is 5.12. The van der Waals surface area contributed by atoms with E-state index in [1.54, 1.807) is 4.68 Å². The zero-order chi connectivity index (χ0) is 21.5. The number of aromatic nitrogens is 2. The summed E-state index contributed by atoms with van der Waals surface area (Å²) in [5.74, 6) is 0.0193. The molecule has 2 atom stereocenters. The van der Waals surface area contributed by atoms with E-state index in [1.165, 1.54) is 0 Å². The maximum atomic E-state index is 13.1. The molecule has 2 aliphatic rings. The number of fused-ring (bicyclic) bond motifs is 1. The molecule has 1 fully saturated rings. The van der Waals surface area contributed by atoms with Gasteiger partial charge in [-0.3, -0.25) is 9.48 Å². The minimum atomic E-state index is -0.430. The first-order valence-electron chi connectivity index (χ1n) is 10.9. The molecule has 0 unspecified atom stereocenters. The standard InChI is InChI=1S/C25H26ClN3O2/c1-28-14-20(13-27-28)17-8-6-16(7-9-17)10-18-11-21-19(12-22(18)26)15-29(25(21)31)23-4-2-3-5-24(23)30/h6-9,11-14,23-24,30H,2-5,10,15H2,1H3/t23-,24-/m0/s1. The monoisotopic (exact) mass is 435 g/mol. The Balaban J connectivity index is 1.36. The number of carbonyl (C=O) groups excluding carboxylic acids is 1. The first-order valence-corrected chi connectivity index (χ1v) is 11.3. The third-order valence-corrected chi connectivity index (χ3v) is 6.94. The van der Waals surface area contributed by atoms with Crippen molar-refractivity contribution in [2.75, 3.05) is 0 Å². The maximum Gasteiger partial charge on any atom is 0.254 e. The zero-order valence-electron chi connectivity index (χ0n) is 17.6. The van der Waals surface area contributed by atoms with E-state index in [0.29, 0.717) is 18.0 Å². The lowest BCUT2D eigenvalue weighted by Gasteiger charge is -2.35. The third kappa shape index (κ3) is 3.88. The van der Waals surface area contributed by atoms with Crippen molar-refractivity contribution in [3.05, 3.63) is 76.1 Å². The van der Waals surface area contributed by atoms with Gasteiger partial charge in [-0.25, -0.2) is 0 Å². The van der Waals surface area contributed by atoms with E-state index in [9.17, 15) is 9.90 Å². The van der Waals surface area contributed by atoms with Gasteiger partial charge in [-0.15, -0.1) is 0 Å². The molecule has 2 heterocycles. The van der Waals surface area contributed by atoms with Crippen LogP contribution in [0.2, 0.25) is 5.02 Å². The Morgan fingerprint density at radius 1 is 1.13 bits per heavy atom. The summed E-state index contributed by atoms with van der Waals surface area (Å²) in [4.78, 5) is 15.0. The highest BCUT2D eigenvalue weighted by Gasteiger charge is 2.37. The molecule has 31 heavy (non-hydrogen) atoms. The number of aryl methyl sites for hydroxylation is 1. The van der Waals surface area contributed by atoms with E-state index in [2.05, 4.69) is 29.4 Å². The topological polar surface area (TPSA) is 58.4 Å². The highest BCUT2D eigenvalue weighted by Crippen LogP contribution is 2.34. The maximum absolute atomic E-state index is 13.1. The van der Waals surface area contributed by atoms with Crippen molar-refractivity contribution in [3.8, 4) is 11.1 Å². The first kappa shape index (κ1) is 20.3. The second-order valence-corrected chi connectivity index (χ2v) is 9.14. The Morgan fingerprint density at radius 3 is 2.61 bits per heavy atom. The molecule has 0 bridgehead atoms. The quantitative estimate of drug-likeness (QED) is 0.652. The van der Waals surface area contributed by atoms with Crippen LogP contribution in [0.4, 0.5) is 0 Å². The number of nitrogens with zero attached hydrogens (tertiary/aromatic N) is 3. The molecule has 160 valence electrons. The smallest absolute Gasteiger partial charge is 0.254 e. The average molecular weight is 436 g/mol. The van der Waals surface area contributed by atoms with E-state index in [0.717, 1.165) is 59.1 Å². The lowest BCUT2D eigenvalue weighted by Crippen LogP contribution is -2.45. The highest BCUT2D eigenvalue weighted by molar-refractivity contribution is 6.31. The Labute approximate surface area is 187 Å². The summed E-state index contributed by atoms with van der Waals surface area (Å²) in [6, 6.07) is 12.2. The fraction of sp³-hybridized carbons (Fsp3) is 0.360. The van der Waals surface area contributed by atoms with E-state index in [-0.39, 0.29) is 11.9 Å². The lowest BCUT2D eigenvalue weighted by molar-refractivity contribution is 0.0191. The molecule has 5 nitrogen and oxygen atoms in total. The molecule has 6 heteroatoms. The van der Waals surface area contributed by atoms with Crippen LogP contribution in [-0.4, -0.2) is 37.8 Å². The molecule has 3 aromatic rings. The van der Waals surface area contributed by atoms with Gasteiger partial charge in [0.25, 0.3) is 5.91 Å². The SMILES string of the molecule is Cn1cc(-c2ccc(Cc3cc4c(cc3Cl)CN([C@H]3CCCC[C@@H]3O)C4=O)cc2)cn1. The van der Waals surface area contributed by atoms with Gasteiger partial charge in [0.2, 0.25) is 0 Å². The predicted molar refractivity (Wildman–Crippen MR) is 121 cm³/mol. The van der Waals surface area contributed by atoms with E-state index in [4.69, 9.17) is 11.6 Å². The van der Waals surface area contributed by atoms with Gasteiger partial charge in [0.05, 0.1) is 18.3 Å². The number of aliphatic hydroxyl groups is 1. The van der Waals surface area contributed by atoms with Gasteiger partial charge < -0.3 is 10.0 Å². The van der Waals surface area contributed by atoms with E-state index >= 15 is 0 Å². The minimum Gasteiger partial charge on any atom is -0.391 e. The number of amides is 1. The number of aliphatic hydroxyl groups excluding tert-OH is 1. The van der Waals surface area contributed by atoms with E-state index < -0.39 is 6.10 Å². The van der Waals surface area contributed by atoms with Gasteiger partial charge in [-0.1, -0.05) is 48.7 Å². The molecular formula is C25H26ClN3O2. The Kier molecular flexibility index (Phi) is 5.32. The highest BCUT2D eigenvalue weighted by atomic mass is 35.5. The zero-order valence-corrected chi connectivity index (χ0v) is 18.3. The third-order valence-electron chi connectivity index (χ3n) is 6.59. The average Bonchev–Trinajstić information content (AvgIpc) is 3.33. The number of hydrogen-bond donors (Lipinski definition) is 1. The molecule has 2 aromatic carbocycles. The number of hydrogen-bond acceptors (Lipinski definition) is 3. The molecule has 1 aliphatic carbocycles. The van der Waals surface area contributed by atoms with Crippen molar-refractivity contribution >= 4 is 17.5 Å². The van der Waals surface area contributed by atoms with Crippen LogP contribution in [0.1, 0.15) is 52.7 Å². The van der Waals surface area contributed by atoms with Gasteiger partial charge in [0, 0.05) is 35.9 Å². The van der Waals surface area contributed by atoms with Crippen LogP contribution in [0, 0.1) is 0 Å². The summed E-state index contributed by atoms with van der Waals surface area (Å²) in [5.41, 5.74) is 5.98. The normalized spacial score (nSPS) is 20.9. The fourth-order valence-electron chi connectivity index (χ4n) is 4.86. The van der Waals surface area contributed by atoms with Gasteiger partial charge >= 0.3 is 0 Å². The van der Waals surface area contributed by atoms with Crippen LogP contribution in [-0.2, 0) is 20.0 Å². The number of benzene rings is 2. The number of rotatable bonds is 4. The van der Waals surface area contributed by atoms with Crippen LogP contribution in [0.25, 0.3) is 11.1 Å². The van der Waals surface area contributed by atoms with Crippen molar-refractivity contribution < 1.29 is 9.90 Å². The number of halogens is 1. The molecule has 1 aromatic heterocycles. The molecule has 5 rings (SSSR count). The van der Waals surface area contributed by atoms with Crippen LogP contribution in [0.15, 0.2) is 48.8 Å². The van der Waals surface area contributed by atoms with E-state index in [1.807, 2.05) is 36.5 Å². The van der Waals surface area contributed by atoms with Crippen molar-refractivity contribution in [1.82, 2.24) is 14.7 Å². The van der Waals surface area contributed by atoms with Crippen LogP contribution < -0.4 is 0 Å². The summed E-state index contributed by atoms with van der Waals surface area (Å²) in [5, 5.41) is 15.3. The summed E-state index contributed by atoms with van der Waals surface area (Å²) in [6.07, 6.45) is 7.81. The minimum absolute atomic E-state index is 0.0193. The van der Waals surface area contributed by atoms with Gasteiger partial charge in [-0.2, -0.15) is 5.10 Å². The molecule has 1 saturated carbocycles. The second kappa shape index (κ2) is 8.13. The van der Waals surface area contributed by atoms with Crippen molar-refractivity contribution in [3.63, 3.8) is 0 Å². The molecular weight excluding hydrogens is 410 g/mol. The largest absolute Gasteiger partial charge is 0.391 e. The lowest BCUT2D eigenvalue weighted by atomic mass is 9.91. The Bertz CT molecular complexity index is 1120. The predicted octanol–water partition coefficient (Wildman–Crippen LogP) is 4.59. The van der Waals surface area contributed by atoms with Crippen molar-refractivity contribution in [2.24, 2.45) is 7.05 Å². The van der Waals surface area contributed by atoms with Crippen molar-refractivity contribution in [2.45, 2.75) is 50.8 Å². The molecule has 1 amide bonds. The molecule has 0 spiro atoms. The Morgan fingerprint density at radius 2 is 1.90 bits per heavy atom. The first-order chi connectivity index (χ1) is 15.0. The summed E-state index contributed by atoms with van der Waals surface area (Å²) >= 11 is 6.61. The summed E-state index contributed by atoms with van der Waals surface area (Å²) in [7, 11) is 1.91. The summed E-state index contributed by atoms with van der Waals surface area (Å²) < 4.78 is 1.79. The number of carbonyl (C=O) groups is 1. The Hall–Kier alpha value is -2.63. The molecule has 0 radical (unpaired) electrons. The molecule has 1 N–H and O–H groups in total. The van der Waals surface area contributed by atoms with Crippen LogP contribution in [0.5, 0.6) is 0 Å². The van der Waals surface area contributed by atoms with Gasteiger partial charge in [0.1, 0.15) is 0 Å². The van der Waals surface area contributed by atoms with Crippen LogP contribution >= 0.6 is 11.6 Å².